The van der Waals surface area contributed by atoms with Crippen molar-refractivity contribution in [2.45, 2.75) is 62.7 Å². The standard InChI is InChI=1S/C20H25N5O2S/c1-14(26)22-15-5-4-8-18(11-15)24-13-21-23-20(24)28-12-19(27)25(17-9-10-17)16-6-2-3-7-16/h4-5,8,11,13,16-17H,2-3,6-7,9-10,12H2,1H3,(H,22,26). The zero-order valence-electron chi connectivity index (χ0n) is 16.0. The van der Waals surface area contributed by atoms with E-state index in [1.165, 1.54) is 31.5 Å². The van der Waals surface area contributed by atoms with E-state index in [9.17, 15) is 9.59 Å². The molecule has 2 aromatic rings. The first-order valence-corrected chi connectivity index (χ1v) is 10.8. The molecular weight excluding hydrogens is 374 g/mol. The summed E-state index contributed by atoms with van der Waals surface area (Å²) < 4.78 is 1.85. The molecule has 0 saturated heterocycles. The van der Waals surface area contributed by atoms with Gasteiger partial charge in [0.2, 0.25) is 11.8 Å². The van der Waals surface area contributed by atoms with Crippen LogP contribution >= 0.6 is 11.8 Å². The van der Waals surface area contributed by atoms with Gasteiger partial charge in [0, 0.05) is 24.7 Å². The highest BCUT2D eigenvalue weighted by atomic mass is 32.2. The molecule has 1 aromatic carbocycles. The Bertz CT molecular complexity index is 858. The lowest BCUT2D eigenvalue weighted by atomic mass is 10.2. The first kappa shape index (κ1) is 19.0. The lowest BCUT2D eigenvalue weighted by molar-refractivity contribution is -0.131. The number of hydrogen-bond donors (Lipinski definition) is 1. The van der Waals surface area contributed by atoms with Crippen molar-refractivity contribution in [2.75, 3.05) is 11.1 Å². The highest BCUT2D eigenvalue weighted by Gasteiger charge is 2.38. The Labute approximate surface area is 168 Å². The number of nitrogens with zero attached hydrogens (tertiary/aromatic N) is 4. The van der Waals surface area contributed by atoms with Gasteiger partial charge in [0.15, 0.2) is 5.16 Å². The molecule has 2 aliphatic rings. The van der Waals surface area contributed by atoms with Crippen LogP contribution < -0.4 is 5.32 Å². The van der Waals surface area contributed by atoms with Gasteiger partial charge in [-0.2, -0.15) is 0 Å². The largest absolute Gasteiger partial charge is 0.336 e. The second kappa shape index (κ2) is 8.34. The second-order valence-electron chi connectivity index (χ2n) is 7.47. The Morgan fingerprint density at radius 3 is 2.68 bits per heavy atom. The highest BCUT2D eigenvalue weighted by Crippen LogP contribution is 2.35. The topological polar surface area (TPSA) is 80.1 Å². The summed E-state index contributed by atoms with van der Waals surface area (Å²) in [5.41, 5.74) is 1.56. The molecule has 1 aromatic heterocycles. The number of hydrogen-bond acceptors (Lipinski definition) is 5. The Kier molecular flexibility index (Phi) is 5.66. The van der Waals surface area contributed by atoms with Crippen molar-refractivity contribution >= 4 is 29.3 Å². The first-order valence-electron chi connectivity index (χ1n) is 9.84. The van der Waals surface area contributed by atoms with Crippen molar-refractivity contribution in [2.24, 2.45) is 0 Å². The SMILES string of the molecule is CC(=O)Nc1cccc(-n2cnnc2SCC(=O)N(C2CCCC2)C2CC2)c1. The molecule has 1 N–H and O–H groups in total. The van der Waals surface area contributed by atoms with Crippen LogP contribution in [0.3, 0.4) is 0 Å². The zero-order chi connectivity index (χ0) is 19.5. The van der Waals surface area contributed by atoms with Gasteiger partial charge in [-0.25, -0.2) is 0 Å². The van der Waals surface area contributed by atoms with Crippen molar-refractivity contribution in [3.05, 3.63) is 30.6 Å². The van der Waals surface area contributed by atoms with Gasteiger partial charge in [-0.15, -0.1) is 10.2 Å². The lowest BCUT2D eigenvalue weighted by Gasteiger charge is -2.29. The number of anilines is 1. The molecule has 148 valence electrons. The van der Waals surface area contributed by atoms with E-state index in [0.717, 1.165) is 31.4 Å². The maximum Gasteiger partial charge on any atom is 0.233 e. The Hall–Kier alpha value is -2.35. The average molecular weight is 400 g/mol. The predicted molar refractivity (Wildman–Crippen MR) is 109 cm³/mol. The van der Waals surface area contributed by atoms with Gasteiger partial charge >= 0.3 is 0 Å². The second-order valence-corrected chi connectivity index (χ2v) is 8.42. The number of amides is 2. The van der Waals surface area contributed by atoms with E-state index in [1.807, 2.05) is 28.8 Å². The maximum absolute atomic E-state index is 12.9. The molecule has 7 nitrogen and oxygen atoms in total. The van der Waals surface area contributed by atoms with E-state index in [-0.39, 0.29) is 11.8 Å². The van der Waals surface area contributed by atoms with Crippen LogP contribution in [0.4, 0.5) is 5.69 Å². The summed E-state index contributed by atoms with van der Waals surface area (Å²) in [4.78, 5) is 26.4. The van der Waals surface area contributed by atoms with Gasteiger partial charge in [0.05, 0.1) is 11.4 Å². The summed E-state index contributed by atoms with van der Waals surface area (Å²) in [5, 5.41) is 11.7. The van der Waals surface area contributed by atoms with Gasteiger partial charge < -0.3 is 10.2 Å². The lowest BCUT2D eigenvalue weighted by Crippen LogP contribution is -2.41. The minimum atomic E-state index is -0.117. The Balaban J connectivity index is 1.44. The Morgan fingerprint density at radius 2 is 1.96 bits per heavy atom. The van der Waals surface area contributed by atoms with Crippen LogP contribution in [0.5, 0.6) is 0 Å². The maximum atomic E-state index is 12.9. The van der Waals surface area contributed by atoms with E-state index in [1.54, 1.807) is 6.33 Å². The molecule has 1 heterocycles. The molecule has 0 atom stereocenters. The van der Waals surface area contributed by atoms with Gasteiger partial charge in [-0.1, -0.05) is 30.7 Å². The van der Waals surface area contributed by atoms with Gasteiger partial charge in [0.1, 0.15) is 6.33 Å². The molecule has 0 aliphatic heterocycles. The number of carbonyl (C=O) groups is 2. The van der Waals surface area contributed by atoms with Crippen LogP contribution in [-0.4, -0.2) is 49.3 Å². The minimum Gasteiger partial charge on any atom is -0.336 e. The third-order valence-corrected chi connectivity index (χ3v) is 6.16. The average Bonchev–Trinajstić information content (AvgIpc) is 3.16. The molecule has 2 amide bonds. The van der Waals surface area contributed by atoms with Gasteiger partial charge in [0.25, 0.3) is 0 Å². The highest BCUT2D eigenvalue weighted by molar-refractivity contribution is 7.99. The summed E-state index contributed by atoms with van der Waals surface area (Å²) in [7, 11) is 0. The smallest absolute Gasteiger partial charge is 0.233 e. The molecule has 2 fully saturated rings. The molecule has 2 saturated carbocycles. The van der Waals surface area contributed by atoms with Crippen molar-refractivity contribution in [3.63, 3.8) is 0 Å². The summed E-state index contributed by atoms with van der Waals surface area (Å²) in [5.74, 6) is 0.464. The molecular formula is C20H25N5O2S. The van der Waals surface area contributed by atoms with E-state index in [0.29, 0.717) is 28.7 Å². The van der Waals surface area contributed by atoms with Crippen molar-refractivity contribution in [1.82, 2.24) is 19.7 Å². The summed E-state index contributed by atoms with van der Waals surface area (Å²) in [6.07, 6.45) is 8.64. The van der Waals surface area contributed by atoms with Crippen LogP contribution in [0, 0.1) is 0 Å². The summed E-state index contributed by atoms with van der Waals surface area (Å²) in [6.45, 7) is 1.48. The molecule has 4 rings (SSSR count). The summed E-state index contributed by atoms with van der Waals surface area (Å²) >= 11 is 1.42. The van der Waals surface area contributed by atoms with Crippen LogP contribution in [-0.2, 0) is 9.59 Å². The van der Waals surface area contributed by atoms with E-state index in [2.05, 4.69) is 20.4 Å². The Morgan fingerprint density at radius 1 is 1.21 bits per heavy atom. The van der Waals surface area contributed by atoms with E-state index in [4.69, 9.17) is 0 Å². The van der Waals surface area contributed by atoms with Crippen molar-refractivity contribution < 1.29 is 9.59 Å². The number of nitrogens with one attached hydrogen (secondary N) is 1. The van der Waals surface area contributed by atoms with Crippen LogP contribution in [0.25, 0.3) is 5.69 Å². The first-order chi connectivity index (χ1) is 13.6. The molecule has 2 aliphatic carbocycles. The summed E-state index contributed by atoms with van der Waals surface area (Å²) in [6, 6.07) is 8.37. The number of rotatable bonds is 7. The monoisotopic (exact) mass is 399 g/mol. The van der Waals surface area contributed by atoms with E-state index >= 15 is 0 Å². The van der Waals surface area contributed by atoms with E-state index < -0.39 is 0 Å². The fourth-order valence-corrected chi connectivity index (χ4v) is 4.68. The van der Waals surface area contributed by atoms with Crippen LogP contribution in [0.2, 0.25) is 0 Å². The number of carbonyl (C=O) groups excluding carboxylic acids is 2. The zero-order valence-corrected chi connectivity index (χ0v) is 16.8. The normalized spacial score (nSPS) is 16.9. The molecule has 0 unspecified atom stereocenters. The van der Waals surface area contributed by atoms with Crippen LogP contribution in [0.15, 0.2) is 35.7 Å². The molecule has 0 spiro atoms. The predicted octanol–water partition coefficient (Wildman–Crippen LogP) is 3.25. The van der Waals surface area contributed by atoms with Gasteiger partial charge in [-0.05, 0) is 43.9 Å². The molecule has 28 heavy (non-hydrogen) atoms. The fraction of sp³-hybridized carbons (Fsp3) is 0.500. The minimum absolute atomic E-state index is 0.117. The molecule has 8 heteroatoms. The third-order valence-electron chi connectivity index (χ3n) is 5.23. The number of aromatic nitrogens is 3. The molecule has 0 bridgehead atoms. The quantitative estimate of drug-likeness (QED) is 0.723. The van der Waals surface area contributed by atoms with Crippen LogP contribution in [0.1, 0.15) is 45.4 Å². The van der Waals surface area contributed by atoms with Gasteiger partial charge in [-0.3, -0.25) is 14.2 Å². The van der Waals surface area contributed by atoms with Crippen molar-refractivity contribution in [1.29, 1.82) is 0 Å². The molecule has 0 radical (unpaired) electrons. The number of thioether (sulfide) groups is 1. The fourth-order valence-electron chi connectivity index (χ4n) is 3.88. The third kappa shape index (κ3) is 4.38. The van der Waals surface area contributed by atoms with Crippen molar-refractivity contribution in [3.8, 4) is 5.69 Å². The number of benzene rings is 1.